The van der Waals surface area contributed by atoms with E-state index in [1.165, 1.54) is 12.8 Å². The van der Waals surface area contributed by atoms with Crippen LogP contribution in [0.5, 0.6) is 5.75 Å². The highest BCUT2D eigenvalue weighted by molar-refractivity contribution is 5.46. The van der Waals surface area contributed by atoms with E-state index in [0.29, 0.717) is 19.1 Å². The normalized spacial score (nSPS) is 19.1. The standard InChI is InChI=1S/C15H23NO3/c1-17-9-10-19-15-6-4-14(5-7-15)16-11-13-3-2-8-18-12-13/h4-7,13,16H,2-3,8-12H2,1H3. The average molecular weight is 265 g/mol. The van der Waals surface area contributed by atoms with Crippen molar-refractivity contribution in [2.45, 2.75) is 12.8 Å². The molecule has 19 heavy (non-hydrogen) atoms. The molecule has 1 unspecified atom stereocenters. The summed E-state index contributed by atoms with van der Waals surface area (Å²) in [5.41, 5.74) is 1.13. The number of anilines is 1. The molecule has 1 aromatic rings. The molecule has 4 heteroatoms. The highest BCUT2D eigenvalue weighted by Gasteiger charge is 2.13. The van der Waals surface area contributed by atoms with Crippen molar-refractivity contribution in [1.82, 2.24) is 0 Å². The van der Waals surface area contributed by atoms with Gasteiger partial charge in [0.2, 0.25) is 0 Å². The Morgan fingerprint density at radius 1 is 1.26 bits per heavy atom. The number of rotatable bonds is 7. The van der Waals surface area contributed by atoms with Gasteiger partial charge in [-0.25, -0.2) is 0 Å². The first-order chi connectivity index (χ1) is 9.38. The van der Waals surface area contributed by atoms with E-state index in [0.717, 1.165) is 31.2 Å². The summed E-state index contributed by atoms with van der Waals surface area (Å²) in [6.45, 7) is 3.98. The smallest absolute Gasteiger partial charge is 0.119 e. The molecule has 1 saturated heterocycles. The van der Waals surface area contributed by atoms with Gasteiger partial charge in [-0.15, -0.1) is 0 Å². The zero-order chi connectivity index (χ0) is 13.3. The lowest BCUT2D eigenvalue weighted by Crippen LogP contribution is -2.24. The number of ether oxygens (including phenoxy) is 3. The summed E-state index contributed by atoms with van der Waals surface area (Å²) in [7, 11) is 1.67. The summed E-state index contributed by atoms with van der Waals surface area (Å²) in [6.07, 6.45) is 2.43. The predicted molar refractivity (Wildman–Crippen MR) is 75.8 cm³/mol. The van der Waals surface area contributed by atoms with Crippen molar-refractivity contribution >= 4 is 5.69 Å². The van der Waals surface area contributed by atoms with E-state index in [1.54, 1.807) is 7.11 Å². The minimum absolute atomic E-state index is 0.586. The van der Waals surface area contributed by atoms with Crippen molar-refractivity contribution in [1.29, 1.82) is 0 Å². The van der Waals surface area contributed by atoms with E-state index in [9.17, 15) is 0 Å². The second kappa shape index (κ2) is 8.02. The SMILES string of the molecule is COCCOc1ccc(NCC2CCCOC2)cc1. The summed E-state index contributed by atoms with van der Waals surface area (Å²) in [5.74, 6) is 1.51. The third-order valence-electron chi connectivity index (χ3n) is 3.26. The van der Waals surface area contributed by atoms with Crippen LogP contribution in [-0.2, 0) is 9.47 Å². The van der Waals surface area contributed by atoms with E-state index in [1.807, 2.05) is 24.3 Å². The van der Waals surface area contributed by atoms with Crippen molar-refractivity contribution in [3.8, 4) is 5.75 Å². The molecule has 0 aromatic heterocycles. The summed E-state index contributed by atoms with van der Waals surface area (Å²) in [6, 6.07) is 8.06. The van der Waals surface area contributed by atoms with Crippen LogP contribution in [0.25, 0.3) is 0 Å². The molecular formula is C15H23NO3. The Balaban J connectivity index is 1.71. The fourth-order valence-electron chi connectivity index (χ4n) is 2.14. The lowest BCUT2D eigenvalue weighted by atomic mass is 10.0. The Kier molecular flexibility index (Phi) is 5.98. The molecule has 0 bridgehead atoms. The molecule has 106 valence electrons. The molecule has 1 N–H and O–H groups in total. The van der Waals surface area contributed by atoms with Gasteiger partial charge >= 0.3 is 0 Å². The van der Waals surface area contributed by atoms with Gasteiger partial charge in [-0.2, -0.15) is 0 Å². The van der Waals surface area contributed by atoms with E-state index in [2.05, 4.69) is 5.32 Å². The van der Waals surface area contributed by atoms with Gasteiger partial charge in [-0.3, -0.25) is 0 Å². The molecule has 1 aromatic carbocycles. The van der Waals surface area contributed by atoms with Crippen LogP contribution in [0.3, 0.4) is 0 Å². The minimum Gasteiger partial charge on any atom is -0.491 e. The number of hydrogen-bond acceptors (Lipinski definition) is 4. The van der Waals surface area contributed by atoms with Gasteiger partial charge in [-0.1, -0.05) is 0 Å². The first kappa shape index (κ1) is 14.2. The zero-order valence-electron chi connectivity index (χ0n) is 11.6. The molecule has 0 amide bonds. The summed E-state index contributed by atoms with van der Waals surface area (Å²) in [4.78, 5) is 0. The Morgan fingerprint density at radius 3 is 2.79 bits per heavy atom. The quantitative estimate of drug-likeness (QED) is 0.769. The van der Waals surface area contributed by atoms with Crippen molar-refractivity contribution in [3.63, 3.8) is 0 Å². The van der Waals surface area contributed by atoms with Crippen LogP contribution < -0.4 is 10.1 Å². The molecule has 1 aliphatic heterocycles. The minimum atomic E-state index is 0.586. The van der Waals surface area contributed by atoms with Gasteiger partial charge in [-0.05, 0) is 43.0 Å². The fraction of sp³-hybridized carbons (Fsp3) is 0.600. The monoisotopic (exact) mass is 265 g/mol. The van der Waals surface area contributed by atoms with Crippen molar-refractivity contribution in [3.05, 3.63) is 24.3 Å². The average Bonchev–Trinajstić information content (AvgIpc) is 2.48. The second-order valence-corrected chi connectivity index (χ2v) is 4.83. The molecule has 0 radical (unpaired) electrons. The van der Waals surface area contributed by atoms with Gasteiger partial charge in [0.25, 0.3) is 0 Å². The maximum atomic E-state index is 5.52. The van der Waals surface area contributed by atoms with Gasteiger partial charge in [0, 0.05) is 25.9 Å². The van der Waals surface area contributed by atoms with Gasteiger partial charge in [0.15, 0.2) is 0 Å². The maximum Gasteiger partial charge on any atom is 0.119 e. The molecule has 1 fully saturated rings. The molecule has 1 atom stereocenters. The third kappa shape index (κ3) is 5.09. The lowest BCUT2D eigenvalue weighted by Gasteiger charge is -2.22. The molecule has 4 nitrogen and oxygen atoms in total. The largest absolute Gasteiger partial charge is 0.491 e. The van der Waals surface area contributed by atoms with Crippen LogP contribution in [-0.4, -0.2) is 40.1 Å². The van der Waals surface area contributed by atoms with Crippen LogP contribution in [0, 0.1) is 5.92 Å². The third-order valence-corrected chi connectivity index (χ3v) is 3.26. The molecular weight excluding hydrogens is 242 g/mol. The van der Waals surface area contributed by atoms with Crippen LogP contribution in [0.1, 0.15) is 12.8 Å². The summed E-state index contributed by atoms with van der Waals surface area (Å²) >= 11 is 0. The van der Waals surface area contributed by atoms with Gasteiger partial charge < -0.3 is 19.5 Å². The Bertz CT molecular complexity index is 347. The van der Waals surface area contributed by atoms with Crippen molar-refractivity contribution < 1.29 is 14.2 Å². The van der Waals surface area contributed by atoms with E-state index in [4.69, 9.17) is 14.2 Å². The topological polar surface area (TPSA) is 39.7 Å². The maximum absolute atomic E-state index is 5.52. The highest BCUT2D eigenvalue weighted by atomic mass is 16.5. The Labute approximate surface area is 115 Å². The van der Waals surface area contributed by atoms with Crippen LogP contribution >= 0.6 is 0 Å². The first-order valence-corrected chi connectivity index (χ1v) is 6.92. The first-order valence-electron chi connectivity index (χ1n) is 6.92. The summed E-state index contributed by atoms with van der Waals surface area (Å²) < 4.78 is 15.9. The van der Waals surface area contributed by atoms with E-state index in [-0.39, 0.29) is 0 Å². The molecule has 1 aliphatic rings. The highest BCUT2D eigenvalue weighted by Crippen LogP contribution is 2.18. The van der Waals surface area contributed by atoms with Crippen molar-refractivity contribution in [2.75, 3.05) is 45.4 Å². The van der Waals surface area contributed by atoms with Crippen LogP contribution in [0.4, 0.5) is 5.69 Å². The van der Waals surface area contributed by atoms with Crippen molar-refractivity contribution in [2.24, 2.45) is 5.92 Å². The fourth-order valence-corrected chi connectivity index (χ4v) is 2.14. The Morgan fingerprint density at radius 2 is 2.11 bits per heavy atom. The molecule has 2 rings (SSSR count). The van der Waals surface area contributed by atoms with Gasteiger partial charge in [0.1, 0.15) is 12.4 Å². The molecule has 0 aliphatic carbocycles. The number of hydrogen-bond donors (Lipinski definition) is 1. The van der Waals surface area contributed by atoms with Crippen LogP contribution in [0.15, 0.2) is 24.3 Å². The van der Waals surface area contributed by atoms with Crippen LogP contribution in [0.2, 0.25) is 0 Å². The number of methoxy groups -OCH3 is 1. The molecule has 0 spiro atoms. The second-order valence-electron chi connectivity index (χ2n) is 4.83. The zero-order valence-corrected chi connectivity index (χ0v) is 11.6. The van der Waals surface area contributed by atoms with Gasteiger partial charge in [0.05, 0.1) is 13.2 Å². The Hall–Kier alpha value is -1.26. The molecule has 0 saturated carbocycles. The number of nitrogens with one attached hydrogen (secondary N) is 1. The van der Waals surface area contributed by atoms with E-state index >= 15 is 0 Å². The lowest BCUT2D eigenvalue weighted by molar-refractivity contribution is 0.0595. The predicted octanol–water partition coefficient (Wildman–Crippen LogP) is 2.55. The molecule has 1 heterocycles. The summed E-state index contributed by atoms with van der Waals surface area (Å²) in [5, 5.41) is 3.45. The van der Waals surface area contributed by atoms with E-state index < -0.39 is 0 Å². The number of benzene rings is 1.